The molecule has 1 rings (SSSR count). The van der Waals surface area contributed by atoms with Gasteiger partial charge in [-0.3, -0.25) is 0 Å². The van der Waals surface area contributed by atoms with Crippen LogP contribution in [0.5, 0.6) is 0 Å². The second kappa shape index (κ2) is 3.32. The molecule has 1 heterocycles. The molecule has 3 nitrogen and oxygen atoms in total. The van der Waals surface area contributed by atoms with E-state index < -0.39 is 6.10 Å². The highest BCUT2D eigenvalue weighted by Crippen LogP contribution is 2.16. The van der Waals surface area contributed by atoms with Gasteiger partial charge in [0.25, 0.3) is 0 Å². The van der Waals surface area contributed by atoms with Gasteiger partial charge in [0.1, 0.15) is 6.10 Å². The van der Waals surface area contributed by atoms with E-state index in [2.05, 4.69) is 0 Å². The lowest BCUT2D eigenvalue weighted by atomic mass is 10.0. The van der Waals surface area contributed by atoms with Gasteiger partial charge in [0.15, 0.2) is 0 Å². The molecule has 0 aromatic carbocycles. The van der Waals surface area contributed by atoms with E-state index in [1.165, 1.54) is 0 Å². The number of aliphatic hydroxyl groups excluding tert-OH is 1. The number of ether oxygens (including phenoxy) is 2. The Balaban J connectivity index is 2.42. The first-order chi connectivity index (χ1) is 4.75. The summed E-state index contributed by atoms with van der Waals surface area (Å²) < 4.78 is 10.2. The van der Waals surface area contributed by atoms with Crippen LogP contribution in [0.15, 0.2) is 0 Å². The van der Waals surface area contributed by atoms with Crippen molar-refractivity contribution >= 4 is 0 Å². The molecule has 3 atom stereocenters. The molecule has 1 saturated heterocycles. The lowest BCUT2D eigenvalue weighted by molar-refractivity contribution is -0.138. The zero-order chi connectivity index (χ0) is 7.56. The standard InChI is InChI=1S/C7H14O3/c1-5-7(8)6(9-2)3-4-10-5/h5-8H,3-4H2,1-2H3/t5?,6?,7-/m0/s1. The van der Waals surface area contributed by atoms with E-state index in [0.29, 0.717) is 6.61 Å². The number of rotatable bonds is 1. The number of hydrogen-bond donors (Lipinski definition) is 1. The first-order valence-corrected chi connectivity index (χ1v) is 3.58. The summed E-state index contributed by atoms with van der Waals surface area (Å²) >= 11 is 0. The fourth-order valence-electron chi connectivity index (χ4n) is 1.20. The van der Waals surface area contributed by atoms with E-state index in [0.717, 1.165) is 6.42 Å². The minimum atomic E-state index is -0.459. The van der Waals surface area contributed by atoms with Crippen LogP contribution in [-0.4, -0.2) is 37.1 Å². The predicted molar refractivity (Wildman–Crippen MR) is 36.8 cm³/mol. The fraction of sp³-hybridized carbons (Fsp3) is 1.00. The molecule has 1 fully saturated rings. The maximum Gasteiger partial charge on any atom is 0.106 e. The van der Waals surface area contributed by atoms with Gasteiger partial charge in [-0.05, 0) is 13.3 Å². The topological polar surface area (TPSA) is 38.7 Å². The highest BCUT2D eigenvalue weighted by Gasteiger charge is 2.29. The highest BCUT2D eigenvalue weighted by atomic mass is 16.5. The molecule has 1 N–H and O–H groups in total. The normalized spacial score (nSPS) is 41.7. The third-order valence-electron chi connectivity index (χ3n) is 1.95. The van der Waals surface area contributed by atoms with Crippen molar-refractivity contribution < 1.29 is 14.6 Å². The second-order valence-corrected chi connectivity index (χ2v) is 2.63. The summed E-state index contributed by atoms with van der Waals surface area (Å²) in [6.45, 7) is 2.55. The monoisotopic (exact) mass is 146 g/mol. The predicted octanol–water partition coefficient (Wildman–Crippen LogP) is 0.171. The molecule has 3 heteroatoms. The van der Waals surface area contributed by atoms with Crippen LogP contribution in [0.3, 0.4) is 0 Å². The largest absolute Gasteiger partial charge is 0.388 e. The van der Waals surface area contributed by atoms with Crippen LogP contribution < -0.4 is 0 Å². The fourth-order valence-corrected chi connectivity index (χ4v) is 1.20. The van der Waals surface area contributed by atoms with Crippen molar-refractivity contribution in [2.24, 2.45) is 0 Å². The van der Waals surface area contributed by atoms with Crippen LogP contribution in [0.25, 0.3) is 0 Å². The quantitative estimate of drug-likeness (QED) is 0.573. The summed E-state index contributed by atoms with van der Waals surface area (Å²) in [5.74, 6) is 0. The molecule has 0 bridgehead atoms. The molecule has 0 spiro atoms. The van der Waals surface area contributed by atoms with E-state index in [1.54, 1.807) is 7.11 Å². The zero-order valence-electron chi connectivity index (χ0n) is 6.41. The molecule has 0 aliphatic carbocycles. The molecule has 0 amide bonds. The first-order valence-electron chi connectivity index (χ1n) is 3.58. The molecule has 10 heavy (non-hydrogen) atoms. The van der Waals surface area contributed by atoms with Crippen molar-refractivity contribution in [1.82, 2.24) is 0 Å². The average molecular weight is 146 g/mol. The second-order valence-electron chi connectivity index (χ2n) is 2.63. The van der Waals surface area contributed by atoms with E-state index in [4.69, 9.17) is 9.47 Å². The van der Waals surface area contributed by atoms with Crippen LogP contribution >= 0.6 is 0 Å². The van der Waals surface area contributed by atoms with Gasteiger partial charge in [0.05, 0.1) is 12.2 Å². The van der Waals surface area contributed by atoms with Crippen molar-refractivity contribution in [2.75, 3.05) is 13.7 Å². The van der Waals surface area contributed by atoms with Crippen LogP contribution in [0.1, 0.15) is 13.3 Å². The van der Waals surface area contributed by atoms with Crippen molar-refractivity contribution in [3.63, 3.8) is 0 Å². The Morgan fingerprint density at radius 3 is 2.80 bits per heavy atom. The minimum Gasteiger partial charge on any atom is -0.388 e. The Labute approximate surface area is 60.9 Å². The van der Waals surface area contributed by atoms with E-state index in [1.807, 2.05) is 6.92 Å². The summed E-state index contributed by atoms with van der Waals surface area (Å²) in [6, 6.07) is 0. The smallest absolute Gasteiger partial charge is 0.106 e. The summed E-state index contributed by atoms with van der Waals surface area (Å²) in [4.78, 5) is 0. The van der Waals surface area contributed by atoms with Crippen LogP contribution in [0.4, 0.5) is 0 Å². The Hall–Kier alpha value is -0.120. The molecule has 0 aromatic rings. The molecule has 0 radical (unpaired) electrons. The van der Waals surface area contributed by atoms with Crippen molar-refractivity contribution in [1.29, 1.82) is 0 Å². The summed E-state index contributed by atoms with van der Waals surface area (Å²) in [5, 5.41) is 9.39. The van der Waals surface area contributed by atoms with E-state index in [-0.39, 0.29) is 12.2 Å². The molecule has 0 aromatic heterocycles. The lowest BCUT2D eigenvalue weighted by Crippen LogP contribution is -2.43. The van der Waals surface area contributed by atoms with Gasteiger partial charge >= 0.3 is 0 Å². The molecular formula is C7H14O3. The zero-order valence-corrected chi connectivity index (χ0v) is 6.41. The van der Waals surface area contributed by atoms with Gasteiger partial charge in [0, 0.05) is 13.7 Å². The first kappa shape index (κ1) is 7.98. The molecule has 1 aliphatic rings. The van der Waals surface area contributed by atoms with Crippen LogP contribution in [-0.2, 0) is 9.47 Å². The maximum atomic E-state index is 9.39. The van der Waals surface area contributed by atoms with Crippen LogP contribution in [0, 0.1) is 0 Å². The third-order valence-corrected chi connectivity index (χ3v) is 1.95. The van der Waals surface area contributed by atoms with Crippen molar-refractivity contribution in [2.45, 2.75) is 31.7 Å². The van der Waals surface area contributed by atoms with Gasteiger partial charge in [-0.15, -0.1) is 0 Å². The molecule has 2 unspecified atom stereocenters. The maximum absolute atomic E-state index is 9.39. The molecule has 0 saturated carbocycles. The Morgan fingerprint density at radius 2 is 2.30 bits per heavy atom. The van der Waals surface area contributed by atoms with Gasteiger partial charge in [-0.1, -0.05) is 0 Å². The minimum absolute atomic E-state index is 0.0382. The van der Waals surface area contributed by atoms with E-state index >= 15 is 0 Å². The van der Waals surface area contributed by atoms with Crippen LogP contribution in [0.2, 0.25) is 0 Å². The number of aliphatic hydroxyl groups is 1. The number of methoxy groups -OCH3 is 1. The highest BCUT2D eigenvalue weighted by molar-refractivity contribution is 4.78. The average Bonchev–Trinajstić information content (AvgIpc) is 1.95. The van der Waals surface area contributed by atoms with Gasteiger partial charge in [-0.2, -0.15) is 0 Å². The summed E-state index contributed by atoms with van der Waals surface area (Å²) in [7, 11) is 1.62. The van der Waals surface area contributed by atoms with Gasteiger partial charge < -0.3 is 14.6 Å². The Bertz CT molecular complexity index is 105. The molecular weight excluding hydrogens is 132 g/mol. The van der Waals surface area contributed by atoms with Gasteiger partial charge in [-0.25, -0.2) is 0 Å². The SMILES string of the molecule is COC1CCOC(C)[C@@H]1O. The lowest BCUT2D eigenvalue weighted by Gasteiger charge is -2.31. The summed E-state index contributed by atoms with van der Waals surface area (Å²) in [5.41, 5.74) is 0. The van der Waals surface area contributed by atoms with Crippen molar-refractivity contribution in [3.8, 4) is 0 Å². The number of hydrogen-bond acceptors (Lipinski definition) is 3. The van der Waals surface area contributed by atoms with Crippen molar-refractivity contribution in [3.05, 3.63) is 0 Å². The Kier molecular flexibility index (Phi) is 2.65. The Morgan fingerprint density at radius 1 is 1.60 bits per heavy atom. The molecule has 60 valence electrons. The van der Waals surface area contributed by atoms with Gasteiger partial charge in [0.2, 0.25) is 0 Å². The summed E-state index contributed by atoms with van der Waals surface area (Å²) in [6.07, 6.45) is 0.211. The van der Waals surface area contributed by atoms with E-state index in [9.17, 15) is 5.11 Å². The third kappa shape index (κ3) is 1.48. The molecule has 1 aliphatic heterocycles.